The van der Waals surface area contributed by atoms with Gasteiger partial charge in [0.25, 0.3) is 0 Å². The van der Waals surface area contributed by atoms with Gasteiger partial charge in [-0.25, -0.2) is 0 Å². The van der Waals surface area contributed by atoms with E-state index in [-0.39, 0.29) is 0 Å². The molecule has 5 heteroatoms. The molecule has 0 atom stereocenters. The van der Waals surface area contributed by atoms with Crippen LogP contribution in [0.2, 0.25) is 0 Å². The van der Waals surface area contributed by atoms with E-state index in [1.165, 1.54) is 0 Å². The molecule has 2 N–H and O–H groups in total. The minimum atomic E-state index is 0.729. The van der Waals surface area contributed by atoms with E-state index in [0.29, 0.717) is 0 Å². The van der Waals surface area contributed by atoms with E-state index in [0.717, 1.165) is 44.2 Å². The normalized spacial score (nSPS) is 10.8. The van der Waals surface area contributed by atoms with Gasteiger partial charge in [-0.15, -0.1) is 0 Å². The van der Waals surface area contributed by atoms with Gasteiger partial charge in [0.05, 0.1) is 18.8 Å². The van der Waals surface area contributed by atoms with Crippen LogP contribution in [-0.4, -0.2) is 38.5 Å². The second-order valence-electron chi connectivity index (χ2n) is 3.35. The zero-order chi connectivity index (χ0) is 10.9. The van der Waals surface area contributed by atoms with E-state index in [2.05, 4.69) is 15.8 Å². The molecule has 0 radical (unpaired) electrons. The number of hydrogen-bond donors (Lipinski definition) is 2. The molecule has 1 aromatic heterocycles. The van der Waals surface area contributed by atoms with E-state index in [1.54, 1.807) is 7.11 Å². The molecule has 15 heavy (non-hydrogen) atoms. The molecule has 1 heterocycles. The predicted octanol–water partition coefficient (Wildman–Crippen LogP) is 0.309. The third-order valence-electron chi connectivity index (χ3n) is 1.94. The molecule has 0 spiro atoms. The number of hydrogen-bond acceptors (Lipinski definition) is 5. The van der Waals surface area contributed by atoms with Crippen molar-refractivity contribution in [2.75, 3.05) is 33.4 Å². The van der Waals surface area contributed by atoms with Gasteiger partial charge in [0.2, 0.25) is 0 Å². The zero-order valence-electron chi connectivity index (χ0n) is 9.38. The van der Waals surface area contributed by atoms with Crippen molar-refractivity contribution in [1.29, 1.82) is 0 Å². The Kier molecular flexibility index (Phi) is 5.99. The molecule has 0 aliphatic carbocycles. The highest BCUT2D eigenvalue weighted by molar-refractivity contribution is 5.02. The molecule has 0 bridgehead atoms. The maximum Gasteiger partial charge on any atom is 0.150 e. The largest absolute Gasteiger partial charge is 0.383 e. The van der Waals surface area contributed by atoms with Crippen molar-refractivity contribution < 1.29 is 9.26 Å². The second-order valence-corrected chi connectivity index (χ2v) is 3.35. The lowest BCUT2D eigenvalue weighted by Gasteiger charge is -2.04. The summed E-state index contributed by atoms with van der Waals surface area (Å²) in [6.45, 7) is 6.12. The maximum atomic E-state index is 5.06. The smallest absolute Gasteiger partial charge is 0.150 e. The Labute approximate surface area is 90.2 Å². The minimum absolute atomic E-state index is 0.729. The number of rotatable bonds is 8. The molecule has 1 rings (SSSR count). The van der Waals surface area contributed by atoms with Crippen LogP contribution in [0.4, 0.5) is 0 Å². The van der Waals surface area contributed by atoms with Crippen LogP contribution in [0.1, 0.15) is 11.5 Å². The Hall–Kier alpha value is -0.910. The molecule has 0 fully saturated rings. The summed E-state index contributed by atoms with van der Waals surface area (Å²) < 4.78 is 9.97. The molecule has 0 unspecified atom stereocenters. The van der Waals surface area contributed by atoms with Gasteiger partial charge in [0.15, 0.2) is 5.76 Å². The van der Waals surface area contributed by atoms with Crippen molar-refractivity contribution in [3.63, 3.8) is 0 Å². The number of aryl methyl sites for hydroxylation is 1. The molecule has 0 saturated heterocycles. The first-order chi connectivity index (χ1) is 7.33. The van der Waals surface area contributed by atoms with Crippen LogP contribution in [0.25, 0.3) is 0 Å². The van der Waals surface area contributed by atoms with Crippen molar-refractivity contribution in [1.82, 2.24) is 15.8 Å². The van der Waals surface area contributed by atoms with Gasteiger partial charge < -0.3 is 19.9 Å². The second kappa shape index (κ2) is 7.39. The summed E-state index contributed by atoms with van der Waals surface area (Å²) in [5.41, 5.74) is 0.921. The van der Waals surface area contributed by atoms with Crippen LogP contribution in [0.5, 0.6) is 0 Å². The Bertz CT molecular complexity index is 263. The SMILES string of the molecule is COCCNCCNCc1cc(C)no1. The minimum Gasteiger partial charge on any atom is -0.383 e. The van der Waals surface area contributed by atoms with E-state index >= 15 is 0 Å². The third kappa shape index (κ3) is 5.51. The highest BCUT2D eigenvalue weighted by Crippen LogP contribution is 2.00. The fraction of sp³-hybridized carbons (Fsp3) is 0.700. The van der Waals surface area contributed by atoms with E-state index in [1.807, 2.05) is 13.0 Å². The highest BCUT2D eigenvalue weighted by Gasteiger charge is 1.98. The molecular weight excluding hydrogens is 194 g/mol. The molecular formula is C10H19N3O2. The Morgan fingerprint density at radius 1 is 1.33 bits per heavy atom. The average molecular weight is 213 g/mol. The summed E-state index contributed by atoms with van der Waals surface area (Å²) >= 11 is 0. The van der Waals surface area contributed by atoms with Crippen LogP contribution in [0, 0.1) is 6.92 Å². The van der Waals surface area contributed by atoms with Crippen molar-refractivity contribution in [3.8, 4) is 0 Å². The number of nitrogens with zero attached hydrogens (tertiary/aromatic N) is 1. The predicted molar refractivity (Wildman–Crippen MR) is 57.7 cm³/mol. The van der Waals surface area contributed by atoms with Gasteiger partial charge in [0.1, 0.15) is 0 Å². The highest BCUT2D eigenvalue weighted by atomic mass is 16.5. The average Bonchev–Trinajstić information content (AvgIpc) is 2.63. The lowest BCUT2D eigenvalue weighted by molar-refractivity contribution is 0.199. The van der Waals surface area contributed by atoms with Crippen LogP contribution >= 0.6 is 0 Å². The van der Waals surface area contributed by atoms with Crippen molar-refractivity contribution >= 4 is 0 Å². The molecule has 86 valence electrons. The first-order valence-electron chi connectivity index (χ1n) is 5.15. The summed E-state index contributed by atoms with van der Waals surface area (Å²) in [4.78, 5) is 0. The van der Waals surface area contributed by atoms with Crippen molar-refractivity contribution in [2.24, 2.45) is 0 Å². The quantitative estimate of drug-likeness (QED) is 0.609. The summed E-state index contributed by atoms with van der Waals surface area (Å²) in [5.74, 6) is 0.879. The van der Waals surface area contributed by atoms with Gasteiger partial charge in [-0.1, -0.05) is 5.16 Å². The molecule has 0 amide bonds. The summed E-state index contributed by atoms with van der Waals surface area (Å²) in [7, 11) is 1.70. The van der Waals surface area contributed by atoms with E-state index in [9.17, 15) is 0 Å². The van der Waals surface area contributed by atoms with Gasteiger partial charge in [-0.05, 0) is 6.92 Å². The Balaban J connectivity index is 1.93. The van der Waals surface area contributed by atoms with Crippen LogP contribution in [-0.2, 0) is 11.3 Å². The number of aromatic nitrogens is 1. The fourth-order valence-corrected chi connectivity index (χ4v) is 1.19. The lowest BCUT2D eigenvalue weighted by Crippen LogP contribution is -2.29. The molecule has 5 nitrogen and oxygen atoms in total. The van der Waals surface area contributed by atoms with Gasteiger partial charge in [-0.3, -0.25) is 0 Å². The molecule has 0 saturated carbocycles. The van der Waals surface area contributed by atoms with Gasteiger partial charge in [0, 0.05) is 32.8 Å². The van der Waals surface area contributed by atoms with Crippen LogP contribution in [0.15, 0.2) is 10.6 Å². The molecule has 0 aliphatic heterocycles. The lowest BCUT2D eigenvalue weighted by atomic mass is 10.4. The fourth-order valence-electron chi connectivity index (χ4n) is 1.19. The summed E-state index contributed by atoms with van der Waals surface area (Å²) in [6, 6.07) is 1.94. The topological polar surface area (TPSA) is 59.3 Å². The summed E-state index contributed by atoms with van der Waals surface area (Å²) in [6.07, 6.45) is 0. The van der Waals surface area contributed by atoms with Crippen LogP contribution in [0.3, 0.4) is 0 Å². The van der Waals surface area contributed by atoms with Crippen LogP contribution < -0.4 is 10.6 Å². The summed E-state index contributed by atoms with van der Waals surface area (Å²) in [5, 5.41) is 10.3. The number of methoxy groups -OCH3 is 1. The molecule has 0 aromatic carbocycles. The molecule has 1 aromatic rings. The van der Waals surface area contributed by atoms with Gasteiger partial charge in [-0.2, -0.15) is 0 Å². The maximum absolute atomic E-state index is 5.06. The molecule has 0 aliphatic rings. The van der Waals surface area contributed by atoms with E-state index < -0.39 is 0 Å². The van der Waals surface area contributed by atoms with Crippen molar-refractivity contribution in [3.05, 3.63) is 17.5 Å². The monoisotopic (exact) mass is 213 g/mol. The first-order valence-corrected chi connectivity index (χ1v) is 5.15. The Morgan fingerprint density at radius 3 is 2.80 bits per heavy atom. The standard InChI is InChI=1S/C10H19N3O2/c1-9-7-10(15-13-9)8-12-4-3-11-5-6-14-2/h7,11-12H,3-6,8H2,1-2H3. The number of nitrogens with one attached hydrogen (secondary N) is 2. The van der Waals surface area contributed by atoms with Gasteiger partial charge >= 0.3 is 0 Å². The first kappa shape index (κ1) is 12.2. The van der Waals surface area contributed by atoms with Crippen molar-refractivity contribution in [2.45, 2.75) is 13.5 Å². The van der Waals surface area contributed by atoms with E-state index in [4.69, 9.17) is 9.26 Å². The zero-order valence-corrected chi connectivity index (χ0v) is 9.38. The Morgan fingerprint density at radius 2 is 2.13 bits per heavy atom. The third-order valence-corrected chi connectivity index (χ3v) is 1.94. The number of ether oxygens (including phenoxy) is 1.